The molecule has 0 bridgehead atoms. The van der Waals surface area contributed by atoms with Crippen molar-refractivity contribution in [3.8, 4) is 11.5 Å². The Hall–Kier alpha value is -3.07. The largest absolute Gasteiger partial charge is 0.490 e. The third kappa shape index (κ3) is 5.97. The lowest BCUT2D eigenvalue weighted by atomic mass is 10.1. The second kappa shape index (κ2) is 10.8. The first kappa shape index (κ1) is 22.6. The minimum atomic E-state index is -0.675. The van der Waals surface area contributed by atoms with Crippen molar-refractivity contribution < 1.29 is 28.6 Å². The van der Waals surface area contributed by atoms with E-state index in [1.165, 1.54) is 4.88 Å². The summed E-state index contributed by atoms with van der Waals surface area (Å²) in [6.07, 6.45) is 0.814. The van der Waals surface area contributed by atoms with Crippen molar-refractivity contribution in [2.24, 2.45) is 0 Å². The SMILES string of the molecule is CCOc1ccc(C(=O)NCC(=O)OCC(=O)N2CCc3sccc3C2)cc1OCC. The third-order valence-electron chi connectivity index (χ3n) is 4.72. The maximum atomic E-state index is 12.4. The average Bonchev–Trinajstić information content (AvgIpc) is 3.25. The number of hydrogen-bond donors (Lipinski definition) is 1. The third-order valence-corrected chi connectivity index (χ3v) is 5.74. The van der Waals surface area contributed by atoms with Crippen LogP contribution in [-0.2, 0) is 27.3 Å². The molecule has 1 N–H and O–H groups in total. The lowest BCUT2D eigenvalue weighted by Crippen LogP contribution is -2.39. The zero-order valence-corrected chi connectivity index (χ0v) is 18.5. The number of benzene rings is 1. The lowest BCUT2D eigenvalue weighted by Gasteiger charge is -2.26. The first-order valence-corrected chi connectivity index (χ1v) is 11.1. The molecule has 1 aromatic heterocycles. The molecule has 2 amide bonds. The zero-order chi connectivity index (χ0) is 22.2. The van der Waals surface area contributed by atoms with Gasteiger partial charge in [0.25, 0.3) is 11.8 Å². The van der Waals surface area contributed by atoms with E-state index >= 15 is 0 Å². The number of hydrogen-bond acceptors (Lipinski definition) is 7. The Morgan fingerprint density at radius 3 is 2.65 bits per heavy atom. The highest BCUT2D eigenvalue weighted by Gasteiger charge is 2.22. The summed E-state index contributed by atoms with van der Waals surface area (Å²) in [6, 6.07) is 6.82. The van der Waals surface area contributed by atoms with Gasteiger partial charge in [-0.3, -0.25) is 14.4 Å². The molecule has 0 saturated carbocycles. The summed E-state index contributed by atoms with van der Waals surface area (Å²) in [7, 11) is 0. The number of carbonyl (C=O) groups is 3. The normalized spacial score (nSPS) is 12.6. The molecule has 0 saturated heterocycles. The van der Waals surface area contributed by atoms with Gasteiger partial charge in [-0.15, -0.1) is 11.3 Å². The molecule has 0 radical (unpaired) electrons. The van der Waals surface area contributed by atoms with E-state index in [9.17, 15) is 14.4 Å². The fourth-order valence-electron chi connectivity index (χ4n) is 3.19. The second-order valence-electron chi connectivity index (χ2n) is 6.81. The van der Waals surface area contributed by atoms with Crippen LogP contribution in [0.3, 0.4) is 0 Å². The molecule has 9 heteroatoms. The highest BCUT2D eigenvalue weighted by molar-refractivity contribution is 7.10. The van der Waals surface area contributed by atoms with Crippen molar-refractivity contribution in [2.45, 2.75) is 26.8 Å². The molecule has 166 valence electrons. The first-order valence-electron chi connectivity index (χ1n) is 10.2. The van der Waals surface area contributed by atoms with Gasteiger partial charge in [-0.25, -0.2) is 0 Å². The molecule has 0 aliphatic carbocycles. The fourth-order valence-corrected chi connectivity index (χ4v) is 4.08. The second-order valence-corrected chi connectivity index (χ2v) is 7.81. The Kier molecular flexibility index (Phi) is 7.88. The van der Waals surface area contributed by atoms with Gasteiger partial charge in [-0.05, 0) is 55.5 Å². The van der Waals surface area contributed by atoms with Crippen LogP contribution in [0, 0.1) is 0 Å². The minimum absolute atomic E-state index is 0.246. The fraction of sp³-hybridized carbons (Fsp3) is 0.409. The van der Waals surface area contributed by atoms with Gasteiger partial charge in [0.05, 0.1) is 13.2 Å². The summed E-state index contributed by atoms with van der Waals surface area (Å²) in [5, 5.41) is 4.52. The number of amides is 2. The van der Waals surface area contributed by atoms with Crippen LogP contribution in [0.2, 0.25) is 0 Å². The number of nitrogens with zero attached hydrogens (tertiary/aromatic N) is 1. The van der Waals surface area contributed by atoms with Crippen LogP contribution in [0.4, 0.5) is 0 Å². The number of nitrogens with one attached hydrogen (secondary N) is 1. The molecule has 2 aromatic rings. The van der Waals surface area contributed by atoms with Gasteiger partial charge >= 0.3 is 5.97 Å². The van der Waals surface area contributed by atoms with Gasteiger partial charge in [0.2, 0.25) is 0 Å². The standard InChI is InChI=1S/C22H26N2O6S/c1-3-28-17-6-5-15(11-18(17)29-4-2)22(27)23-12-21(26)30-14-20(25)24-9-7-19-16(13-24)8-10-31-19/h5-6,8,10-11H,3-4,7,9,12-14H2,1-2H3,(H,23,27). The predicted molar refractivity (Wildman–Crippen MR) is 116 cm³/mol. The van der Waals surface area contributed by atoms with E-state index in [2.05, 4.69) is 5.32 Å². The van der Waals surface area contributed by atoms with Crippen LogP contribution in [0.5, 0.6) is 11.5 Å². The minimum Gasteiger partial charge on any atom is -0.490 e. The summed E-state index contributed by atoms with van der Waals surface area (Å²) >= 11 is 1.69. The number of fused-ring (bicyclic) bond motifs is 1. The van der Waals surface area contributed by atoms with Crippen LogP contribution in [0.1, 0.15) is 34.6 Å². The Morgan fingerprint density at radius 2 is 1.87 bits per heavy atom. The molecule has 31 heavy (non-hydrogen) atoms. The van der Waals surface area contributed by atoms with E-state index in [1.54, 1.807) is 34.4 Å². The molecule has 0 atom stereocenters. The highest BCUT2D eigenvalue weighted by Crippen LogP contribution is 2.28. The monoisotopic (exact) mass is 446 g/mol. The van der Waals surface area contributed by atoms with Crippen LogP contribution in [-0.4, -0.2) is 55.6 Å². The molecule has 0 spiro atoms. The molecular formula is C22H26N2O6S. The summed E-state index contributed by atoms with van der Waals surface area (Å²) in [5.74, 6) is -0.366. The van der Waals surface area contributed by atoms with E-state index < -0.39 is 11.9 Å². The Bertz CT molecular complexity index is 942. The smallest absolute Gasteiger partial charge is 0.325 e. The molecule has 1 aliphatic rings. The molecule has 0 fully saturated rings. The number of thiophene rings is 1. The van der Waals surface area contributed by atoms with Gasteiger partial charge in [-0.2, -0.15) is 0 Å². The van der Waals surface area contributed by atoms with Gasteiger partial charge < -0.3 is 24.4 Å². The number of carbonyl (C=O) groups excluding carboxylic acids is 3. The molecule has 1 aromatic carbocycles. The predicted octanol–water partition coefficient (Wildman–Crippen LogP) is 2.40. The molecular weight excluding hydrogens is 420 g/mol. The summed E-state index contributed by atoms with van der Waals surface area (Å²) in [6.45, 7) is 5.06. The Labute approximate surface area is 185 Å². The Balaban J connectivity index is 1.45. The van der Waals surface area contributed by atoms with E-state index in [0.717, 1.165) is 12.0 Å². The van der Waals surface area contributed by atoms with Crippen molar-refractivity contribution in [1.29, 1.82) is 0 Å². The van der Waals surface area contributed by atoms with E-state index in [1.807, 2.05) is 25.3 Å². The van der Waals surface area contributed by atoms with Crippen molar-refractivity contribution >= 4 is 29.1 Å². The van der Waals surface area contributed by atoms with Gasteiger partial charge in [-0.1, -0.05) is 0 Å². The van der Waals surface area contributed by atoms with E-state index in [-0.39, 0.29) is 19.1 Å². The van der Waals surface area contributed by atoms with Gasteiger partial charge in [0.15, 0.2) is 18.1 Å². The van der Waals surface area contributed by atoms with Crippen LogP contribution in [0.25, 0.3) is 0 Å². The molecule has 1 aliphatic heterocycles. The summed E-state index contributed by atoms with van der Waals surface area (Å²) in [4.78, 5) is 39.6. The number of esters is 1. The topological polar surface area (TPSA) is 94.2 Å². The highest BCUT2D eigenvalue weighted by atomic mass is 32.1. The Morgan fingerprint density at radius 1 is 1.10 bits per heavy atom. The number of rotatable bonds is 9. The van der Waals surface area contributed by atoms with Crippen molar-refractivity contribution in [3.05, 3.63) is 45.6 Å². The maximum absolute atomic E-state index is 12.4. The lowest BCUT2D eigenvalue weighted by molar-refractivity contribution is -0.151. The summed E-state index contributed by atoms with van der Waals surface area (Å²) in [5.41, 5.74) is 1.47. The molecule has 3 rings (SSSR count). The number of ether oxygens (including phenoxy) is 3. The quantitative estimate of drug-likeness (QED) is 0.595. The van der Waals surface area contributed by atoms with Crippen molar-refractivity contribution in [2.75, 3.05) is 32.9 Å². The van der Waals surface area contributed by atoms with Crippen LogP contribution < -0.4 is 14.8 Å². The van der Waals surface area contributed by atoms with Crippen molar-refractivity contribution in [3.63, 3.8) is 0 Å². The zero-order valence-electron chi connectivity index (χ0n) is 17.6. The summed E-state index contributed by atoms with van der Waals surface area (Å²) < 4.78 is 16.0. The average molecular weight is 447 g/mol. The molecule has 2 heterocycles. The van der Waals surface area contributed by atoms with Gasteiger partial charge in [0, 0.05) is 23.5 Å². The van der Waals surface area contributed by atoms with Crippen molar-refractivity contribution in [1.82, 2.24) is 10.2 Å². The van der Waals surface area contributed by atoms with Crippen LogP contribution in [0.15, 0.2) is 29.6 Å². The van der Waals surface area contributed by atoms with Crippen LogP contribution >= 0.6 is 11.3 Å². The molecule has 8 nitrogen and oxygen atoms in total. The van der Waals surface area contributed by atoms with Gasteiger partial charge in [0.1, 0.15) is 6.54 Å². The van der Waals surface area contributed by atoms with E-state index in [4.69, 9.17) is 14.2 Å². The maximum Gasteiger partial charge on any atom is 0.325 e. The van der Waals surface area contributed by atoms with E-state index in [0.29, 0.717) is 43.4 Å². The first-order chi connectivity index (χ1) is 15.0. The molecule has 0 unspecified atom stereocenters.